The number of aryl methyl sites for hydroxylation is 2. The fourth-order valence-corrected chi connectivity index (χ4v) is 11.5. The third-order valence-corrected chi connectivity index (χ3v) is 16.2. The maximum absolute atomic E-state index is 17.1. The van der Waals surface area contributed by atoms with Crippen molar-refractivity contribution >= 4 is 34.5 Å². The van der Waals surface area contributed by atoms with E-state index < -0.39 is 17.8 Å². The highest BCUT2D eigenvalue weighted by molar-refractivity contribution is 5.95. The molecule has 3 N–H and O–H groups in total. The monoisotopic (exact) mass is 1130 g/mol. The molecule has 18 heteroatoms. The second-order valence-corrected chi connectivity index (χ2v) is 23.5. The maximum atomic E-state index is 17.1. The number of phenolic OH excluding ortho intramolecular Hbond substituents is 3. The number of likely N-dealkylation sites (tertiary alicyclic amines) is 1. The topological polar surface area (TPSA) is 159 Å². The molecule has 438 valence electrons. The van der Waals surface area contributed by atoms with Crippen LogP contribution < -0.4 is 9.64 Å². The average Bonchev–Trinajstić information content (AvgIpc) is 2.68. The Labute approximate surface area is 479 Å². The number of hydrogen-bond donors (Lipinski definition) is 3. The van der Waals surface area contributed by atoms with E-state index in [9.17, 15) is 38.1 Å². The summed E-state index contributed by atoms with van der Waals surface area (Å²) in [5, 5.41) is 29.9. The number of allylic oxidation sites excluding steroid dienone is 2. The number of ether oxygens (including phenoxy) is 1. The van der Waals surface area contributed by atoms with E-state index in [4.69, 9.17) is 21.1 Å². The summed E-state index contributed by atoms with van der Waals surface area (Å²) in [6.07, 6.45) is 13.7. The number of nitrogens with zero attached hydrogens (tertiary/aromatic N) is 8. The fourth-order valence-electron chi connectivity index (χ4n) is 11.5. The van der Waals surface area contributed by atoms with Gasteiger partial charge in [0.05, 0.1) is 12.0 Å². The van der Waals surface area contributed by atoms with Crippen molar-refractivity contribution in [3.8, 4) is 46.9 Å². The highest BCUT2D eigenvalue weighted by Crippen LogP contribution is 2.47. The number of halogens is 4. The molecule has 82 heavy (non-hydrogen) atoms. The highest BCUT2D eigenvalue weighted by atomic mass is 19.4. The number of carbonyl (C=O) groups excluding carboxylic acids is 2. The third kappa shape index (κ3) is 15.1. The molecule has 5 aliphatic rings. The molecule has 5 heterocycles. The summed E-state index contributed by atoms with van der Waals surface area (Å²) < 4.78 is 56.1. The Morgan fingerprint density at radius 3 is 2.27 bits per heavy atom. The lowest BCUT2D eigenvalue weighted by Gasteiger charge is -2.39. The lowest BCUT2D eigenvalue weighted by Crippen LogP contribution is -2.50. The molecule has 5 aromatic rings. The smallest absolute Gasteiger partial charge is 0.449 e. The van der Waals surface area contributed by atoms with Crippen molar-refractivity contribution in [3.05, 3.63) is 112 Å². The molecule has 3 aliphatic heterocycles. The molecule has 3 aromatic carbocycles. The lowest BCUT2D eigenvalue weighted by molar-refractivity contribution is -0.168. The lowest BCUT2D eigenvalue weighted by atomic mass is 9.86. The summed E-state index contributed by atoms with van der Waals surface area (Å²) in [5.41, 5.74) is 8.52. The molecule has 1 saturated carbocycles. The first-order valence-electron chi connectivity index (χ1n) is 28.5. The first-order chi connectivity index (χ1) is 39.1. The number of piperazine rings is 1. The number of pyridine rings is 1. The van der Waals surface area contributed by atoms with Crippen LogP contribution in [0.1, 0.15) is 112 Å². The zero-order valence-corrected chi connectivity index (χ0v) is 48.2. The van der Waals surface area contributed by atoms with Crippen LogP contribution in [0.3, 0.4) is 0 Å². The first kappa shape index (κ1) is 61.0. The minimum Gasteiger partial charge on any atom is -0.508 e. The number of ketones is 1. The largest absolute Gasteiger partial charge is 0.508 e. The van der Waals surface area contributed by atoms with E-state index in [1.54, 1.807) is 18.3 Å². The summed E-state index contributed by atoms with van der Waals surface area (Å²) in [6.45, 7) is 27.3. The zero-order valence-electron chi connectivity index (χ0n) is 48.2. The number of phenols is 3. The number of Topliss-reactive ketones (excluding diaryl/α,β-unsaturated/α-hetero) is 1. The van der Waals surface area contributed by atoms with E-state index in [0.717, 1.165) is 119 Å². The molecule has 0 bridgehead atoms. The number of anilines is 1. The first-order valence-corrected chi connectivity index (χ1v) is 28.5. The Balaban J connectivity index is 0.000000394. The van der Waals surface area contributed by atoms with E-state index >= 15 is 4.39 Å². The van der Waals surface area contributed by atoms with Gasteiger partial charge in [0.1, 0.15) is 34.3 Å². The Bertz CT molecular complexity index is 3190. The van der Waals surface area contributed by atoms with Crippen molar-refractivity contribution < 1.29 is 47.2 Å². The van der Waals surface area contributed by atoms with E-state index in [2.05, 4.69) is 69.1 Å². The molecule has 2 aliphatic carbocycles. The number of fused-ring (bicyclic) bond motifs is 3. The summed E-state index contributed by atoms with van der Waals surface area (Å²) in [7, 11) is 0. The second kappa shape index (κ2) is 26.4. The van der Waals surface area contributed by atoms with Gasteiger partial charge in [-0.25, -0.2) is 4.39 Å². The third-order valence-electron chi connectivity index (χ3n) is 16.2. The Hall–Kier alpha value is -7.07. The molecule has 0 spiro atoms. The van der Waals surface area contributed by atoms with Gasteiger partial charge in [0.2, 0.25) is 12.2 Å². The zero-order chi connectivity index (χ0) is 59.0. The number of benzene rings is 3. The molecular weight excluding hydrogens is 1050 g/mol. The van der Waals surface area contributed by atoms with Gasteiger partial charge in [-0.1, -0.05) is 64.0 Å². The number of piperidine rings is 1. The van der Waals surface area contributed by atoms with E-state index in [-0.39, 0.29) is 45.8 Å². The van der Waals surface area contributed by atoms with E-state index in [1.807, 2.05) is 43.9 Å². The number of hydrogen-bond acceptors (Lipinski definition) is 13. The Kier molecular flexibility index (Phi) is 19.7. The van der Waals surface area contributed by atoms with Crippen molar-refractivity contribution in [2.45, 2.75) is 112 Å². The van der Waals surface area contributed by atoms with Gasteiger partial charge in [-0.3, -0.25) is 19.5 Å². The molecule has 2 aromatic heterocycles. The Morgan fingerprint density at radius 2 is 1.63 bits per heavy atom. The van der Waals surface area contributed by atoms with Gasteiger partial charge < -0.3 is 39.7 Å². The van der Waals surface area contributed by atoms with Crippen molar-refractivity contribution in [1.82, 2.24) is 34.6 Å². The quantitative estimate of drug-likeness (QED) is 0.0350. The predicted molar refractivity (Wildman–Crippen MR) is 312 cm³/mol. The van der Waals surface area contributed by atoms with Crippen LogP contribution in [0.25, 0.3) is 27.7 Å². The fraction of sp³-hybridized carbons (Fsp3) is 0.484. The van der Waals surface area contributed by atoms with E-state index in [0.29, 0.717) is 61.3 Å². The molecule has 3 fully saturated rings. The van der Waals surface area contributed by atoms with Crippen molar-refractivity contribution in [2.24, 2.45) is 17.3 Å². The van der Waals surface area contributed by atoms with Crippen LogP contribution in [-0.2, 0) is 35.6 Å². The number of aromatic hydroxyl groups is 3. The van der Waals surface area contributed by atoms with Crippen molar-refractivity contribution in [1.29, 1.82) is 0 Å². The molecule has 14 nitrogen and oxygen atoms in total. The van der Waals surface area contributed by atoms with Gasteiger partial charge in [-0.15, -0.1) is 13.0 Å². The summed E-state index contributed by atoms with van der Waals surface area (Å²) in [6, 6.07) is 13.3. The highest BCUT2D eigenvalue weighted by Gasteiger charge is 2.45. The SMILES string of the molecule is C#CC1=CCCc2cc(O)cc(-c3ncc4c(N(CC=C)CC(C)C)nc(OCC5(CN6CCN(CC7CCN(Cc8ccc9c(c8)CN(C=O)C9)CC7)CC6)CC5)nc4c3F)c21.CC(=O)C(F)(F)F.Cc1cc(C(C)C)c(O)cc1O. The van der Waals surface area contributed by atoms with Crippen molar-refractivity contribution in [2.75, 3.05) is 77.0 Å². The van der Waals surface area contributed by atoms with E-state index in [1.165, 1.54) is 42.1 Å². The normalized spacial score (nSPS) is 17.2. The maximum Gasteiger partial charge on any atom is 0.449 e. The number of terminal acetylenes is 1. The van der Waals surface area contributed by atoms with Crippen LogP contribution in [0.5, 0.6) is 23.3 Å². The second-order valence-electron chi connectivity index (χ2n) is 23.5. The summed E-state index contributed by atoms with van der Waals surface area (Å²) in [5.74, 6) is 2.63. The number of alkyl halides is 3. The van der Waals surface area contributed by atoms with Crippen LogP contribution >= 0.6 is 0 Å². The molecular formula is C64H78F4N8O6. The molecule has 10 rings (SSSR count). The predicted octanol–water partition coefficient (Wildman–Crippen LogP) is 11.0. The van der Waals surface area contributed by atoms with Gasteiger partial charge in [0.25, 0.3) is 0 Å². The van der Waals surface area contributed by atoms with Crippen LogP contribution in [-0.4, -0.2) is 140 Å². The minimum atomic E-state index is -4.64. The standard InChI is InChI=1S/C51H61FN8O3.C10H14O2.C3H3F3O/c1-5-16-60(27-35(3)4)49-44-26-53-47(43-25-42(62)24-39-9-7-8-38(6-2)45(39)43)46(52)48(44)54-50(55-49)63-33-51(14-15-51)32-58-21-19-57(20-22-58)28-36-12-17-56(18-13-36)29-37-10-11-40-30-59(34-61)31-41(40)23-37;1-6(2)8-4-7(3)9(11)5-10(8)12;1-2(7)3(4,5)6/h2,5,8,10-11,23-26,34-36,62H,1,7,9,12-22,27-33H2,3-4H3;4-6,11-12H,1-3H3;1H3. The molecule has 2 saturated heterocycles. The average molecular weight is 1130 g/mol. The van der Waals surface area contributed by atoms with Gasteiger partial charge in [0, 0.05) is 113 Å². The van der Waals surface area contributed by atoms with Gasteiger partial charge in [-0.05, 0) is 128 Å². The summed E-state index contributed by atoms with van der Waals surface area (Å²) in [4.78, 5) is 46.7. The molecule has 0 atom stereocenters. The molecule has 0 unspecified atom stereocenters. The van der Waals surface area contributed by atoms with Gasteiger partial charge >= 0.3 is 12.2 Å². The van der Waals surface area contributed by atoms with Crippen LogP contribution in [0.15, 0.2) is 67.4 Å². The van der Waals surface area contributed by atoms with Crippen LogP contribution in [0, 0.1) is 42.3 Å². The van der Waals surface area contributed by atoms with Crippen LogP contribution in [0.4, 0.5) is 23.4 Å². The number of rotatable bonds is 17. The van der Waals surface area contributed by atoms with Crippen LogP contribution in [0.2, 0.25) is 0 Å². The minimum absolute atomic E-state index is 0.0133. The molecule has 1 amide bonds. The van der Waals surface area contributed by atoms with Gasteiger partial charge in [0.15, 0.2) is 5.82 Å². The van der Waals surface area contributed by atoms with Crippen molar-refractivity contribution in [3.63, 3.8) is 0 Å². The molecule has 0 radical (unpaired) electrons. The number of carbonyl (C=O) groups is 2. The van der Waals surface area contributed by atoms with Gasteiger partial charge in [-0.2, -0.15) is 23.1 Å². The number of aromatic nitrogens is 3. The number of amides is 1. The Morgan fingerprint density at radius 1 is 0.939 bits per heavy atom. The summed E-state index contributed by atoms with van der Waals surface area (Å²) >= 11 is 0.